The van der Waals surface area contributed by atoms with Crippen molar-refractivity contribution in [2.45, 2.75) is 6.92 Å². The van der Waals surface area contributed by atoms with Crippen molar-refractivity contribution in [2.24, 2.45) is 0 Å². The van der Waals surface area contributed by atoms with Crippen LogP contribution in [0, 0.1) is 0 Å². The van der Waals surface area contributed by atoms with E-state index in [0.717, 1.165) is 0 Å². The first-order chi connectivity index (χ1) is 5.67. The van der Waals surface area contributed by atoms with Crippen LogP contribution in [-0.4, -0.2) is 37.4 Å². The highest BCUT2D eigenvalue weighted by atomic mass is 16.2. The molecule has 1 N–H and O–H groups in total. The number of rotatable bonds is 1. The molecule has 0 saturated heterocycles. The van der Waals surface area contributed by atoms with Crippen LogP contribution >= 0.6 is 0 Å². The molecule has 0 bridgehead atoms. The molecule has 0 fully saturated rings. The van der Waals surface area contributed by atoms with Crippen molar-refractivity contribution in [1.29, 1.82) is 0 Å². The standard InChI is InChI=1S/C6H7NO2.C2H7N/c1-2-7-5(8)3-4-6(7)9;1-3-2/h3-4H,2H2,1H3;3H,1-2H3. The Hall–Kier alpha value is -1.16. The number of likely N-dealkylation sites (N-methyl/N-ethyl adjacent to an activating group) is 1. The quantitative estimate of drug-likeness (QED) is 0.553. The number of carbonyl (C=O) groups excluding carboxylic acids is 2. The summed E-state index contributed by atoms with van der Waals surface area (Å²) >= 11 is 0. The first-order valence-corrected chi connectivity index (χ1v) is 3.79. The smallest absolute Gasteiger partial charge is 0.253 e. The largest absolute Gasteiger partial charge is 0.323 e. The zero-order valence-corrected chi connectivity index (χ0v) is 7.63. The summed E-state index contributed by atoms with van der Waals surface area (Å²) in [5, 5.41) is 2.75. The Bertz CT molecular complexity index is 181. The average molecular weight is 170 g/mol. The topological polar surface area (TPSA) is 49.4 Å². The summed E-state index contributed by atoms with van der Waals surface area (Å²) in [7, 11) is 3.75. The molecule has 1 rings (SSSR count). The van der Waals surface area contributed by atoms with Gasteiger partial charge in [0.1, 0.15) is 0 Å². The van der Waals surface area contributed by atoms with Gasteiger partial charge in [-0.3, -0.25) is 14.5 Å². The maximum atomic E-state index is 10.6. The molecule has 1 heterocycles. The van der Waals surface area contributed by atoms with E-state index in [-0.39, 0.29) is 11.8 Å². The maximum Gasteiger partial charge on any atom is 0.253 e. The van der Waals surface area contributed by atoms with Crippen molar-refractivity contribution in [2.75, 3.05) is 20.6 Å². The van der Waals surface area contributed by atoms with Crippen molar-refractivity contribution in [1.82, 2.24) is 10.2 Å². The second-order valence-electron chi connectivity index (χ2n) is 2.25. The lowest BCUT2D eigenvalue weighted by atomic mass is 10.5. The molecule has 2 amide bonds. The van der Waals surface area contributed by atoms with Crippen LogP contribution in [0.15, 0.2) is 12.2 Å². The van der Waals surface area contributed by atoms with E-state index < -0.39 is 0 Å². The molecule has 68 valence electrons. The molecule has 0 aromatic rings. The third-order valence-corrected chi connectivity index (χ3v) is 1.22. The fraction of sp³-hybridized carbons (Fsp3) is 0.500. The number of amides is 2. The van der Waals surface area contributed by atoms with Crippen molar-refractivity contribution in [3.63, 3.8) is 0 Å². The van der Waals surface area contributed by atoms with Crippen LogP contribution in [0.1, 0.15) is 6.92 Å². The molecule has 0 aromatic carbocycles. The molecule has 0 radical (unpaired) electrons. The second kappa shape index (κ2) is 5.49. The van der Waals surface area contributed by atoms with E-state index >= 15 is 0 Å². The number of nitrogens with zero attached hydrogens (tertiary/aromatic N) is 1. The average Bonchev–Trinajstić information content (AvgIpc) is 2.33. The molecular formula is C8H14N2O2. The number of nitrogens with one attached hydrogen (secondary N) is 1. The van der Waals surface area contributed by atoms with Gasteiger partial charge in [0.25, 0.3) is 11.8 Å². The Morgan fingerprint density at radius 1 is 1.25 bits per heavy atom. The lowest BCUT2D eigenvalue weighted by Crippen LogP contribution is -2.29. The van der Waals surface area contributed by atoms with Crippen molar-refractivity contribution in [3.8, 4) is 0 Å². The van der Waals surface area contributed by atoms with Gasteiger partial charge in [0.2, 0.25) is 0 Å². The van der Waals surface area contributed by atoms with Gasteiger partial charge in [-0.2, -0.15) is 0 Å². The molecule has 4 heteroatoms. The molecule has 0 aliphatic carbocycles. The highest BCUT2D eigenvalue weighted by Gasteiger charge is 2.20. The Morgan fingerprint density at radius 3 is 1.75 bits per heavy atom. The minimum atomic E-state index is -0.206. The highest BCUT2D eigenvalue weighted by Crippen LogP contribution is 2.00. The molecule has 0 aromatic heterocycles. The molecule has 0 spiro atoms. The van der Waals surface area contributed by atoms with Crippen molar-refractivity contribution < 1.29 is 9.59 Å². The first kappa shape index (κ1) is 10.8. The minimum Gasteiger partial charge on any atom is -0.323 e. The van der Waals surface area contributed by atoms with Gasteiger partial charge in [0.15, 0.2) is 0 Å². The molecule has 1 aliphatic heterocycles. The fourth-order valence-electron chi connectivity index (χ4n) is 0.743. The predicted octanol–water partition coefficient (Wildman–Crippen LogP) is -0.233. The van der Waals surface area contributed by atoms with Crippen LogP contribution in [0.4, 0.5) is 0 Å². The maximum absolute atomic E-state index is 10.6. The van der Waals surface area contributed by atoms with E-state index in [1.54, 1.807) is 6.92 Å². The summed E-state index contributed by atoms with van der Waals surface area (Å²) in [6, 6.07) is 0. The summed E-state index contributed by atoms with van der Waals surface area (Å²) in [5.41, 5.74) is 0. The van der Waals surface area contributed by atoms with Crippen molar-refractivity contribution >= 4 is 11.8 Å². The number of hydrogen-bond acceptors (Lipinski definition) is 3. The monoisotopic (exact) mass is 170 g/mol. The van der Waals surface area contributed by atoms with Crippen molar-refractivity contribution in [3.05, 3.63) is 12.2 Å². The van der Waals surface area contributed by atoms with Crippen LogP contribution in [0.2, 0.25) is 0 Å². The predicted molar refractivity (Wildman–Crippen MR) is 46.5 cm³/mol. The molecule has 0 unspecified atom stereocenters. The zero-order valence-electron chi connectivity index (χ0n) is 7.63. The van der Waals surface area contributed by atoms with Gasteiger partial charge < -0.3 is 5.32 Å². The summed E-state index contributed by atoms with van der Waals surface area (Å²) in [5.74, 6) is -0.412. The Kier molecular flexibility index (Phi) is 4.96. The lowest BCUT2D eigenvalue weighted by Gasteiger charge is -2.08. The van der Waals surface area contributed by atoms with Crippen LogP contribution in [0.25, 0.3) is 0 Å². The van der Waals surface area contributed by atoms with Gasteiger partial charge in [0, 0.05) is 18.7 Å². The number of carbonyl (C=O) groups is 2. The zero-order chi connectivity index (χ0) is 9.56. The summed E-state index contributed by atoms with van der Waals surface area (Å²) in [4.78, 5) is 22.4. The third-order valence-electron chi connectivity index (χ3n) is 1.22. The Balaban J connectivity index is 0.000000354. The van der Waals surface area contributed by atoms with E-state index in [1.165, 1.54) is 17.1 Å². The van der Waals surface area contributed by atoms with Gasteiger partial charge in [-0.15, -0.1) is 0 Å². The molecular weight excluding hydrogens is 156 g/mol. The number of hydrogen-bond donors (Lipinski definition) is 1. The fourth-order valence-corrected chi connectivity index (χ4v) is 0.743. The van der Waals surface area contributed by atoms with E-state index in [9.17, 15) is 9.59 Å². The highest BCUT2D eigenvalue weighted by molar-refractivity contribution is 6.12. The van der Waals surface area contributed by atoms with Gasteiger partial charge in [-0.1, -0.05) is 0 Å². The first-order valence-electron chi connectivity index (χ1n) is 3.79. The van der Waals surface area contributed by atoms with E-state index in [1.807, 2.05) is 14.1 Å². The SMILES string of the molecule is CCN1C(=O)C=CC1=O.CNC. The lowest BCUT2D eigenvalue weighted by molar-refractivity contribution is -0.136. The molecule has 0 saturated carbocycles. The van der Waals surface area contributed by atoms with E-state index in [0.29, 0.717) is 6.54 Å². The van der Waals surface area contributed by atoms with Crippen LogP contribution < -0.4 is 5.32 Å². The summed E-state index contributed by atoms with van der Waals surface area (Å²) < 4.78 is 0. The second-order valence-corrected chi connectivity index (χ2v) is 2.25. The third kappa shape index (κ3) is 2.84. The van der Waals surface area contributed by atoms with Gasteiger partial charge in [-0.05, 0) is 21.0 Å². The molecule has 12 heavy (non-hydrogen) atoms. The van der Waals surface area contributed by atoms with Gasteiger partial charge in [0.05, 0.1) is 0 Å². The van der Waals surface area contributed by atoms with Gasteiger partial charge in [-0.25, -0.2) is 0 Å². The minimum absolute atomic E-state index is 0.206. The van der Waals surface area contributed by atoms with Gasteiger partial charge >= 0.3 is 0 Å². The van der Waals surface area contributed by atoms with Crippen LogP contribution in [0.3, 0.4) is 0 Å². The van der Waals surface area contributed by atoms with E-state index in [2.05, 4.69) is 5.32 Å². The Labute approximate surface area is 72.2 Å². The summed E-state index contributed by atoms with van der Waals surface area (Å²) in [6.45, 7) is 2.23. The van der Waals surface area contributed by atoms with Crippen LogP contribution in [0.5, 0.6) is 0 Å². The summed E-state index contributed by atoms with van der Waals surface area (Å²) in [6.07, 6.45) is 2.57. The Morgan fingerprint density at radius 2 is 1.58 bits per heavy atom. The molecule has 0 atom stereocenters. The normalized spacial score (nSPS) is 14.8. The number of imide groups is 1. The molecule has 1 aliphatic rings. The van der Waals surface area contributed by atoms with Crippen LogP contribution in [-0.2, 0) is 9.59 Å². The van der Waals surface area contributed by atoms with E-state index in [4.69, 9.17) is 0 Å². The molecule has 4 nitrogen and oxygen atoms in total.